The maximum Gasteiger partial charge on any atom is 0.407 e. The highest BCUT2D eigenvalue weighted by Gasteiger charge is 2.38. The highest BCUT2D eigenvalue weighted by atomic mass is 16.5. The molecule has 14 nitrogen and oxygen atoms in total. The lowest BCUT2D eigenvalue weighted by atomic mass is 10.0. The number of ether oxygens (including phenoxy) is 2. The molecule has 4 N–H and O–H groups in total. The zero-order valence-corrected chi connectivity index (χ0v) is 29.4. The van der Waals surface area contributed by atoms with Crippen molar-refractivity contribution in [3.63, 3.8) is 0 Å². The number of carbonyl (C=O) groups is 4. The van der Waals surface area contributed by atoms with Gasteiger partial charge in [0.2, 0.25) is 11.8 Å². The number of imidazole rings is 2. The minimum Gasteiger partial charge on any atom is -0.453 e. The highest BCUT2D eigenvalue weighted by Crippen LogP contribution is 2.33. The van der Waals surface area contributed by atoms with Crippen LogP contribution in [0.3, 0.4) is 0 Å². The second kappa shape index (κ2) is 15.9. The van der Waals surface area contributed by atoms with E-state index in [1.54, 1.807) is 22.2 Å². The number of amides is 4. The first-order valence-corrected chi connectivity index (χ1v) is 17.0. The summed E-state index contributed by atoms with van der Waals surface area (Å²) in [6.07, 6.45) is 5.36. The van der Waals surface area contributed by atoms with Crippen LogP contribution >= 0.6 is 0 Å². The average molecular weight is 687 g/mol. The number of alkyl carbamates (subject to hydrolysis) is 2. The van der Waals surface area contributed by atoms with E-state index in [0.29, 0.717) is 30.4 Å². The second-order valence-electron chi connectivity index (χ2n) is 13.3. The minimum absolute atomic E-state index is 0.110. The summed E-state index contributed by atoms with van der Waals surface area (Å²) in [5, 5.41) is 5.34. The van der Waals surface area contributed by atoms with E-state index in [2.05, 4.69) is 42.4 Å². The molecule has 0 aliphatic carbocycles. The molecule has 0 radical (unpaired) electrons. The Morgan fingerprint density at radius 3 is 1.76 bits per heavy atom. The Balaban J connectivity index is 1.23. The van der Waals surface area contributed by atoms with Crippen LogP contribution in [0.15, 0.2) is 36.7 Å². The van der Waals surface area contributed by atoms with Crippen LogP contribution in [-0.2, 0) is 19.1 Å². The van der Waals surface area contributed by atoms with Gasteiger partial charge in [-0.15, -0.1) is 0 Å². The number of nitrogens with one attached hydrogen (secondary N) is 4. The molecule has 4 heterocycles. The Bertz CT molecular complexity index is 1740. The summed E-state index contributed by atoms with van der Waals surface area (Å²) < 4.78 is 9.45. The number of methoxy groups -OCH3 is 2. The number of likely N-dealkylation sites (tertiary alicyclic amines) is 2. The van der Waals surface area contributed by atoms with E-state index in [-0.39, 0.29) is 35.7 Å². The second-order valence-corrected chi connectivity index (χ2v) is 13.3. The number of carbonyl (C=O) groups excluding carboxylic acids is 4. The predicted octanol–water partition coefficient (Wildman–Crippen LogP) is 4.29. The molecule has 1 aromatic carbocycles. The third-order valence-electron chi connectivity index (χ3n) is 9.21. The summed E-state index contributed by atoms with van der Waals surface area (Å²) in [6.45, 7) is 8.70. The molecular weight excluding hydrogens is 640 g/mol. The number of aromatic nitrogens is 4. The molecule has 0 unspecified atom stereocenters. The number of aromatic amines is 2. The topological polar surface area (TPSA) is 175 Å². The van der Waals surface area contributed by atoms with Crippen molar-refractivity contribution in [2.45, 2.75) is 77.5 Å². The summed E-state index contributed by atoms with van der Waals surface area (Å²) in [5.41, 5.74) is 3.18. The smallest absolute Gasteiger partial charge is 0.407 e. The van der Waals surface area contributed by atoms with Gasteiger partial charge in [0, 0.05) is 18.7 Å². The van der Waals surface area contributed by atoms with Gasteiger partial charge in [0.25, 0.3) is 0 Å². The standard InChI is InChI=1S/C36H46N8O6/c1-21(2)29(41-35(47)49-5)33(45)43-17-7-9-27(43)31-37-19-25(39-31)16-13-23-11-14-24(15-12-23)26-20-38-32(40-26)28-10-8-18-44(28)34(46)30(22(3)4)42-36(48)50-6/h11-12,14-15,19-22,27-30H,7-10,17-18H2,1-6H3,(H,37,39)(H,38,40)(H,41,47)(H,42,48)/t27-,28-,29-,30-/m1/s1. The zero-order valence-electron chi connectivity index (χ0n) is 29.4. The Morgan fingerprint density at radius 1 is 0.760 bits per heavy atom. The largest absolute Gasteiger partial charge is 0.453 e. The van der Waals surface area contributed by atoms with E-state index in [9.17, 15) is 19.2 Å². The Morgan fingerprint density at radius 2 is 1.26 bits per heavy atom. The minimum atomic E-state index is -0.700. The molecule has 3 aromatic rings. The van der Waals surface area contributed by atoms with Crippen molar-refractivity contribution in [1.82, 2.24) is 40.4 Å². The fraction of sp³-hybridized carbons (Fsp3) is 0.500. The van der Waals surface area contributed by atoms with Crippen LogP contribution in [0.25, 0.3) is 11.3 Å². The van der Waals surface area contributed by atoms with Gasteiger partial charge in [-0.1, -0.05) is 45.7 Å². The lowest BCUT2D eigenvalue weighted by Gasteiger charge is -2.30. The molecule has 266 valence electrons. The molecule has 0 bridgehead atoms. The summed E-state index contributed by atoms with van der Waals surface area (Å²) in [5.74, 6) is 7.13. The van der Waals surface area contributed by atoms with Gasteiger partial charge in [0.15, 0.2) is 0 Å². The Kier molecular flexibility index (Phi) is 11.5. The SMILES string of the molecule is COC(=O)N[C@@H](C(=O)N1CCC[C@@H]1c1ncc(C#Cc2ccc(-c3cnc([C@H]4CCCN4C(=O)[C@H](NC(=O)OC)C(C)C)[nH]3)cc2)[nH]1)C(C)C. The van der Waals surface area contributed by atoms with Crippen LogP contribution in [0.5, 0.6) is 0 Å². The molecular formula is C36H46N8O6. The Labute approximate surface area is 292 Å². The van der Waals surface area contributed by atoms with E-state index in [1.165, 1.54) is 14.2 Å². The summed E-state index contributed by atoms with van der Waals surface area (Å²) in [4.78, 5) is 70.0. The van der Waals surface area contributed by atoms with Gasteiger partial charge >= 0.3 is 12.2 Å². The predicted molar refractivity (Wildman–Crippen MR) is 184 cm³/mol. The molecule has 2 aromatic heterocycles. The molecule has 5 rings (SSSR count). The quantitative estimate of drug-likeness (QED) is 0.241. The van der Waals surface area contributed by atoms with Crippen LogP contribution in [0.2, 0.25) is 0 Å². The van der Waals surface area contributed by atoms with E-state index >= 15 is 0 Å². The first-order valence-electron chi connectivity index (χ1n) is 17.0. The van der Waals surface area contributed by atoms with Crippen molar-refractivity contribution in [3.05, 3.63) is 59.6 Å². The van der Waals surface area contributed by atoms with Gasteiger partial charge in [-0.2, -0.15) is 0 Å². The van der Waals surface area contributed by atoms with Gasteiger partial charge in [-0.25, -0.2) is 19.6 Å². The number of H-pyrrole nitrogens is 2. The van der Waals surface area contributed by atoms with Crippen molar-refractivity contribution in [1.29, 1.82) is 0 Å². The molecule has 0 spiro atoms. The van der Waals surface area contributed by atoms with Crippen molar-refractivity contribution in [2.75, 3.05) is 27.3 Å². The monoisotopic (exact) mass is 686 g/mol. The number of benzene rings is 1. The lowest BCUT2D eigenvalue weighted by molar-refractivity contribution is -0.136. The zero-order chi connectivity index (χ0) is 35.9. The van der Waals surface area contributed by atoms with E-state index < -0.39 is 24.3 Å². The van der Waals surface area contributed by atoms with Crippen molar-refractivity contribution in [2.24, 2.45) is 11.8 Å². The van der Waals surface area contributed by atoms with Gasteiger partial charge in [-0.05, 0) is 61.1 Å². The van der Waals surface area contributed by atoms with Crippen LogP contribution in [0.1, 0.15) is 88.4 Å². The van der Waals surface area contributed by atoms with Crippen molar-refractivity contribution in [3.8, 4) is 23.1 Å². The van der Waals surface area contributed by atoms with E-state index in [4.69, 9.17) is 9.47 Å². The maximum atomic E-state index is 13.5. The molecule has 2 aliphatic heterocycles. The number of nitrogens with zero attached hydrogens (tertiary/aromatic N) is 4. The van der Waals surface area contributed by atoms with Gasteiger partial charge in [0.1, 0.15) is 29.4 Å². The van der Waals surface area contributed by atoms with E-state index in [1.807, 2.05) is 52.0 Å². The molecule has 4 amide bonds. The number of hydrogen-bond acceptors (Lipinski definition) is 8. The van der Waals surface area contributed by atoms with Gasteiger partial charge in [0.05, 0.1) is 44.4 Å². The normalized spacial score (nSPS) is 18.4. The molecule has 50 heavy (non-hydrogen) atoms. The van der Waals surface area contributed by atoms with E-state index in [0.717, 1.165) is 42.5 Å². The van der Waals surface area contributed by atoms with Crippen molar-refractivity contribution >= 4 is 24.0 Å². The third kappa shape index (κ3) is 8.10. The van der Waals surface area contributed by atoms with Crippen LogP contribution in [0.4, 0.5) is 9.59 Å². The molecule has 0 saturated carbocycles. The highest BCUT2D eigenvalue weighted by molar-refractivity contribution is 5.87. The van der Waals surface area contributed by atoms with Crippen LogP contribution in [-0.4, -0.2) is 93.1 Å². The average Bonchev–Trinajstić information content (AvgIpc) is 3.94. The van der Waals surface area contributed by atoms with Crippen LogP contribution in [0, 0.1) is 23.7 Å². The molecule has 14 heteroatoms. The lowest BCUT2D eigenvalue weighted by Crippen LogP contribution is -2.51. The summed E-state index contributed by atoms with van der Waals surface area (Å²) in [7, 11) is 2.56. The first-order chi connectivity index (χ1) is 24.0. The third-order valence-corrected chi connectivity index (χ3v) is 9.21. The number of rotatable bonds is 9. The summed E-state index contributed by atoms with van der Waals surface area (Å²) >= 11 is 0. The molecule has 2 aliphatic rings. The molecule has 2 saturated heterocycles. The summed E-state index contributed by atoms with van der Waals surface area (Å²) in [6, 6.07) is 5.92. The van der Waals surface area contributed by atoms with Crippen LogP contribution < -0.4 is 10.6 Å². The van der Waals surface area contributed by atoms with Gasteiger partial charge < -0.3 is 39.9 Å². The first kappa shape index (κ1) is 36.0. The molecule has 4 atom stereocenters. The Hall–Kier alpha value is -5.32. The fourth-order valence-electron chi connectivity index (χ4n) is 6.48. The van der Waals surface area contributed by atoms with Crippen molar-refractivity contribution < 1.29 is 28.7 Å². The van der Waals surface area contributed by atoms with Gasteiger partial charge in [-0.3, -0.25) is 9.59 Å². The maximum absolute atomic E-state index is 13.5. The molecule has 2 fully saturated rings. The fourth-order valence-corrected chi connectivity index (χ4v) is 6.48. The number of hydrogen-bond donors (Lipinski definition) is 4.